The first-order chi connectivity index (χ1) is 5.74. The zero-order valence-corrected chi connectivity index (χ0v) is 7.08. The first kappa shape index (κ1) is 8.80. The van der Waals surface area contributed by atoms with Crippen molar-refractivity contribution >= 4 is 17.5 Å². The third-order valence-corrected chi connectivity index (χ3v) is 2.20. The van der Waals surface area contributed by atoms with Crippen molar-refractivity contribution in [1.29, 1.82) is 0 Å². The quantitative estimate of drug-likeness (QED) is 0.580. The van der Waals surface area contributed by atoms with Crippen LogP contribution in [0.5, 0.6) is 0 Å². The van der Waals surface area contributed by atoms with E-state index in [1.54, 1.807) is 6.07 Å². The van der Waals surface area contributed by atoms with Gasteiger partial charge in [0.05, 0.1) is 0 Å². The van der Waals surface area contributed by atoms with Crippen LogP contribution in [0.1, 0.15) is 11.0 Å². The molecule has 0 radical (unpaired) electrons. The van der Waals surface area contributed by atoms with E-state index in [2.05, 4.69) is 11.3 Å². The van der Waals surface area contributed by atoms with Crippen molar-refractivity contribution in [2.24, 2.45) is 0 Å². The Labute approximate surface area is 73.9 Å². The van der Waals surface area contributed by atoms with Gasteiger partial charge in [0, 0.05) is 4.88 Å². The molecule has 0 amide bonds. The van der Waals surface area contributed by atoms with Gasteiger partial charge in [-0.15, -0.1) is 11.3 Å². The number of carboxylic acid groups (broad SMARTS) is 1. The van der Waals surface area contributed by atoms with E-state index >= 15 is 0 Å². The van der Waals surface area contributed by atoms with E-state index in [1.807, 2.05) is 11.4 Å². The molecule has 1 rings (SSSR count). The first-order valence-corrected chi connectivity index (χ1v) is 4.17. The number of hydrogen-bond acceptors (Lipinski definition) is 3. The molecule has 64 valence electrons. The fraction of sp³-hybridized carbons (Fsp3) is 0.125. The maximum Gasteiger partial charge on any atom is 0.506 e. The van der Waals surface area contributed by atoms with E-state index in [0.29, 0.717) is 0 Å². The van der Waals surface area contributed by atoms with E-state index in [0.717, 1.165) is 4.88 Å². The van der Waals surface area contributed by atoms with Crippen LogP contribution in [0.25, 0.3) is 0 Å². The van der Waals surface area contributed by atoms with Gasteiger partial charge < -0.3 is 9.84 Å². The van der Waals surface area contributed by atoms with E-state index in [9.17, 15) is 4.79 Å². The average Bonchev–Trinajstić information content (AvgIpc) is 2.51. The molecule has 0 aliphatic carbocycles. The second-order valence-electron chi connectivity index (χ2n) is 2.06. The average molecular weight is 184 g/mol. The monoisotopic (exact) mass is 184 g/mol. The van der Waals surface area contributed by atoms with Gasteiger partial charge in [-0.2, -0.15) is 0 Å². The summed E-state index contributed by atoms with van der Waals surface area (Å²) in [6.07, 6.45) is -0.365. The number of thiophene rings is 1. The Bertz CT molecular complexity index is 266. The predicted molar refractivity (Wildman–Crippen MR) is 46.4 cm³/mol. The highest BCUT2D eigenvalue weighted by Crippen LogP contribution is 2.23. The molecule has 12 heavy (non-hydrogen) atoms. The smallest absolute Gasteiger partial charge is 0.450 e. The standard InChI is InChI=1S/C8H8O3S/c1-2-6(11-8(9)10)7-4-3-5-12-7/h2-6H,1H2,(H,9,10). The van der Waals surface area contributed by atoms with Crippen molar-refractivity contribution in [3.05, 3.63) is 35.0 Å². The van der Waals surface area contributed by atoms with E-state index < -0.39 is 12.3 Å². The number of ether oxygens (including phenoxy) is 1. The summed E-state index contributed by atoms with van der Waals surface area (Å²) < 4.78 is 4.55. The lowest BCUT2D eigenvalue weighted by Crippen LogP contribution is -2.04. The van der Waals surface area contributed by atoms with Crippen LogP contribution >= 0.6 is 11.3 Å². The topological polar surface area (TPSA) is 46.5 Å². The van der Waals surface area contributed by atoms with Crippen LogP contribution in [0.2, 0.25) is 0 Å². The molecule has 0 saturated heterocycles. The Kier molecular flexibility index (Phi) is 2.88. The molecule has 1 N–H and O–H groups in total. The van der Waals surface area contributed by atoms with Crippen LogP contribution in [-0.4, -0.2) is 11.3 Å². The van der Waals surface area contributed by atoms with Gasteiger partial charge in [0.25, 0.3) is 0 Å². The largest absolute Gasteiger partial charge is 0.506 e. The van der Waals surface area contributed by atoms with E-state index in [4.69, 9.17) is 5.11 Å². The second kappa shape index (κ2) is 3.92. The van der Waals surface area contributed by atoms with Gasteiger partial charge in [-0.25, -0.2) is 4.79 Å². The molecule has 0 fully saturated rings. The molecule has 4 heteroatoms. The molecular weight excluding hydrogens is 176 g/mol. The van der Waals surface area contributed by atoms with E-state index in [1.165, 1.54) is 17.4 Å². The summed E-state index contributed by atoms with van der Waals surface area (Å²) in [4.78, 5) is 11.0. The summed E-state index contributed by atoms with van der Waals surface area (Å²) in [5.41, 5.74) is 0. The predicted octanol–water partition coefficient (Wildman–Crippen LogP) is 2.67. The Hall–Kier alpha value is -1.29. The Balaban J connectivity index is 2.69. The van der Waals surface area contributed by atoms with Crippen molar-refractivity contribution in [2.75, 3.05) is 0 Å². The Morgan fingerprint density at radius 2 is 2.58 bits per heavy atom. The number of carbonyl (C=O) groups is 1. The third-order valence-electron chi connectivity index (χ3n) is 1.27. The van der Waals surface area contributed by atoms with Crippen LogP contribution in [0.15, 0.2) is 30.2 Å². The van der Waals surface area contributed by atoms with Crippen LogP contribution in [0.3, 0.4) is 0 Å². The SMILES string of the molecule is C=CC(OC(=O)O)c1cccs1. The maximum absolute atomic E-state index is 10.2. The summed E-state index contributed by atoms with van der Waals surface area (Å²) in [6.45, 7) is 3.49. The van der Waals surface area contributed by atoms with Crippen molar-refractivity contribution < 1.29 is 14.6 Å². The second-order valence-corrected chi connectivity index (χ2v) is 3.03. The number of hydrogen-bond donors (Lipinski definition) is 1. The first-order valence-electron chi connectivity index (χ1n) is 3.29. The molecule has 1 unspecified atom stereocenters. The molecular formula is C8H8O3S. The zero-order valence-electron chi connectivity index (χ0n) is 6.27. The fourth-order valence-corrected chi connectivity index (χ4v) is 1.53. The van der Waals surface area contributed by atoms with Crippen LogP contribution < -0.4 is 0 Å². The molecule has 1 aromatic rings. The van der Waals surface area contributed by atoms with Crippen molar-refractivity contribution in [2.45, 2.75) is 6.10 Å². The molecule has 0 saturated carbocycles. The molecule has 3 nitrogen and oxygen atoms in total. The van der Waals surface area contributed by atoms with Gasteiger partial charge in [0.1, 0.15) is 0 Å². The van der Waals surface area contributed by atoms with Crippen molar-refractivity contribution in [3.8, 4) is 0 Å². The minimum atomic E-state index is -1.28. The Morgan fingerprint density at radius 3 is 3.00 bits per heavy atom. The zero-order chi connectivity index (χ0) is 8.97. The summed E-state index contributed by atoms with van der Waals surface area (Å²) >= 11 is 1.44. The normalized spacial score (nSPS) is 12.0. The van der Waals surface area contributed by atoms with Gasteiger partial charge in [-0.1, -0.05) is 12.6 Å². The lowest BCUT2D eigenvalue weighted by atomic mass is 10.3. The molecule has 1 heterocycles. The van der Waals surface area contributed by atoms with Crippen LogP contribution in [0.4, 0.5) is 4.79 Å². The molecule has 1 atom stereocenters. The molecule has 0 aliphatic heterocycles. The molecule has 0 aliphatic rings. The van der Waals surface area contributed by atoms with Crippen molar-refractivity contribution in [1.82, 2.24) is 0 Å². The highest BCUT2D eigenvalue weighted by molar-refractivity contribution is 7.10. The third kappa shape index (κ3) is 2.10. The summed E-state index contributed by atoms with van der Waals surface area (Å²) in [5, 5.41) is 10.2. The van der Waals surface area contributed by atoms with Gasteiger partial charge in [-0.05, 0) is 17.5 Å². The Morgan fingerprint density at radius 1 is 1.83 bits per heavy atom. The highest BCUT2D eigenvalue weighted by atomic mass is 32.1. The minimum Gasteiger partial charge on any atom is -0.450 e. The fourth-order valence-electron chi connectivity index (χ4n) is 0.784. The lowest BCUT2D eigenvalue weighted by Gasteiger charge is -2.07. The van der Waals surface area contributed by atoms with Gasteiger partial charge in [-0.3, -0.25) is 0 Å². The maximum atomic E-state index is 10.2. The molecule has 0 bridgehead atoms. The molecule has 0 spiro atoms. The number of rotatable bonds is 3. The van der Waals surface area contributed by atoms with Gasteiger partial charge in [0.15, 0.2) is 6.10 Å². The van der Waals surface area contributed by atoms with Gasteiger partial charge >= 0.3 is 6.16 Å². The summed E-state index contributed by atoms with van der Waals surface area (Å²) in [5.74, 6) is 0. The lowest BCUT2D eigenvalue weighted by molar-refractivity contribution is 0.0702. The minimum absolute atomic E-state index is 0.539. The highest BCUT2D eigenvalue weighted by Gasteiger charge is 2.12. The van der Waals surface area contributed by atoms with E-state index in [-0.39, 0.29) is 0 Å². The summed E-state index contributed by atoms with van der Waals surface area (Å²) in [7, 11) is 0. The molecule has 0 aromatic carbocycles. The van der Waals surface area contributed by atoms with Gasteiger partial charge in [0.2, 0.25) is 0 Å². The molecule has 1 aromatic heterocycles. The summed E-state index contributed by atoms with van der Waals surface area (Å²) in [6, 6.07) is 3.64. The van der Waals surface area contributed by atoms with Crippen LogP contribution in [-0.2, 0) is 4.74 Å². The van der Waals surface area contributed by atoms with Crippen molar-refractivity contribution in [3.63, 3.8) is 0 Å². The van der Waals surface area contributed by atoms with Crippen LogP contribution in [0, 0.1) is 0 Å².